The molecule has 19 heavy (non-hydrogen) atoms. The summed E-state index contributed by atoms with van der Waals surface area (Å²) in [6, 6.07) is 7.64. The molecular weight excluding hydrogens is 240 g/mol. The Kier molecular flexibility index (Phi) is 3.53. The van der Waals surface area contributed by atoms with E-state index in [1.807, 2.05) is 24.3 Å². The first kappa shape index (κ1) is 12.6. The molecule has 4 heteroatoms. The number of hydrogen-bond acceptors (Lipinski definition) is 3. The van der Waals surface area contributed by atoms with Gasteiger partial charge in [0.1, 0.15) is 0 Å². The van der Waals surface area contributed by atoms with E-state index in [2.05, 4.69) is 5.32 Å². The molecule has 102 valence electrons. The highest BCUT2D eigenvalue weighted by Gasteiger charge is 2.41. The lowest BCUT2D eigenvalue weighted by atomic mass is 10.1. The predicted molar refractivity (Wildman–Crippen MR) is 72.7 cm³/mol. The van der Waals surface area contributed by atoms with Gasteiger partial charge in [0.2, 0.25) is 0 Å². The third-order valence-electron chi connectivity index (χ3n) is 3.99. The summed E-state index contributed by atoms with van der Waals surface area (Å²) < 4.78 is 5.73. The summed E-state index contributed by atoms with van der Waals surface area (Å²) in [6.45, 7) is 1.26. The van der Waals surface area contributed by atoms with Crippen LogP contribution in [0, 0.1) is 5.92 Å². The van der Waals surface area contributed by atoms with Crippen molar-refractivity contribution in [2.75, 3.05) is 6.61 Å². The summed E-state index contributed by atoms with van der Waals surface area (Å²) in [6.07, 6.45) is 3.63. The van der Waals surface area contributed by atoms with Crippen LogP contribution in [-0.2, 0) is 11.3 Å². The van der Waals surface area contributed by atoms with Gasteiger partial charge >= 0.3 is 0 Å². The second-order valence-corrected chi connectivity index (χ2v) is 5.44. The molecule has 1 saturated heterocycles. The topological polar surface area (TPSA) is 64.4 Å². The van der Waals surface area contributed by atoms with Gasteiger partial charge in [0.25, 0.3) is 5.91 Å². The molecule has 0 spiro atoms. The maximum atomic E-state index is 12.2. The Hall–Kier alpha value is -1.39. The second kappa shape index (κ2) is 5.31. The standard InChI is InChI=1S/C15H20N2O2/c16-9-10-1-3-12(4-2-10)15(18)17-13-7-8-19-14(13)11-5-6-11/h1-4,11,13-14H,5-9,16H2,(H,17,18). The second-order valence-electron chi connectivity index (χ2n) is 5.44. The Balaban J connectivity index is 1.63. The molecule has 1 heterocycles. The van der Waals surface area contributed by atoms with Crippen LogP contribution < -0.4 is 11.1 Å². The molecule has 1 aliphatic carbocycles. The first-order chi connectivity index (χ1) is 9.28. The number of nitrogens with one attached hydrogen (secondary N) is 1. The van der Waals surface area contributed by atoms with Crippen LogP contribution >= 0.6 is 0 Å². The first-order valence-electron chi connectivity index (χ1n) is 6.99. The maximum Gasteiger partial charge on any atom is 0.251 e. The van der Waals surface area contributed by atoms with Crippen molar-refractivity contribution in [2.45, 2.75) is 38.0 Å². The van der Waals surface area contributed by atoms with E-state index in [0.29, 0.717) is 18.0 Å². The predicted octanol–water partition coefficient (Wildman–Crippen LogP) is 1.44. The molecule has 2 aliphatic rings. The van der Waals surface area contributed by atoms with Gasteiger partial charge in [-0.1, -0.05) is 12.1 Å². The Bertz CT molecular complexity index is 454. The molecule has 0 aromatic heterocycles. The molecule has 4 nitrogen and oxygen atoms in total. The van der Waals surface area contributed by atoms with Crippen LogP contribution in [0.1, 0.15) is 35.2 Å². The van der Waals surface area contributed by atoms with Crippen molar-refractivity contribution >= 4 is 5.91 Å². The van der Waals surface area contributed by atoms with Crippen molar-refractivity contribution in [2.24, 2.45) is 11.7 Å². The summed E-state index contributed by atoms with van der Waals surface area (Å²) in [4.78, 5) is 12.2. The van der Waals surface area contributed by atoms with Crippen molar-refractivity contribution in [1.29, 1.82) is 0 Å². The third-order valence-corrected chi connectivity index (χ3v) is 3.99. The molecule has 2 unspecified atom stereocenters. The smallest absolute Gasteiger partial charge is 0.251 e. The molecule has 1 amide bonds. The fraction of sp³-hybridized carbons (Fsp3) is 0.533. The van der Waals surface area contributed by atoms with Crippen LogP contribution in [0.2, 0.25) is 0 Å². The van der Waals surface area contributed by atoms with Crippen molar-refractivity contribution in [1.82, 2.24) is 5.32 Å². The van der Waals surface area contributed by atoms with E-state index >= 15 is 0 Å². The average Bonchev–Trinajstić information content (AvgIpc) is 3.19. The number of rotatable bonds is 4. The van der Waals surface area contributed by atoms with Gasteiger partial charge in [0.05, 0.1) is 12.1 Å². The minimum Gasteiger partial charge on any atom is -0.376 e. The molecule has 1 aromatic carbocycles. The summed E-state index contributed by atoms with van der Waals surface area (Å²) in [7, 11) is 0. The van der Waals surface area contributed by atoms with Gasteiger partial charge in [-0.05, 0) is 42.9 Å². The third kappa shape index (κ3) is 2.80. The molecule has 1 saturated carbocycles. The highest BCUT2D eigenvalue weighted by Crippen LogP contribution is 2.38. The zero-order chi connectivity index (χ0) is 13.2. The highest BCUT2D eigenvalue weighted by molar-refractivity contribution is 5.94. The number of nitrogens with two attached hydrogens (primary N) is 1. The lowest BCUT2D eigenvalue weighted by Gasteiger charge is -2.19. The lowest BCUT2D eigenvalue weighted by Crippen LogP contribution is -2.41. The van der Waals surface area contributed by atoms with Crippen LogP contribution in [0.4, 0.5) is 0 Å². The van der Waals surface area contributed by atoms with E-state index < -0.39 is 0 Å². The Morgan fingerprint density at radius 1 is 1.26 bits per heavy atom. The fourth-order valence-electron chi connectivity index (χ4n) is 2.70. The van der Waals surface area contributed by atoms with E-state index in [1.54, 1.807) is 0 Å². The molecule has 0 bridgehead atoms. The van der Waals surface area contributed by atoms with Crippen LogP contribution in [0.3, 0.4) is 0 Å². The van der Waals surface area contributed by atoms with Gasteiger partial charge in [0, 0.05) is 18.7 Å². The summed E-state index contributed by atoms with van der Waals surface area (Å²) >= 11 is 0. The van der Waals surface area contributed by atoms with Crippen LogP contribution in [0.15, 0.2) is 24.3 Å². The molecule has 3 rings (SSSR count). The monoisotopic (exact) mass is 260 g/mol. The van der Waals surface area contributed by atoms with E-state index in [-0.39, 0.29) is 18.1 Å². The van der Waals surface area contributed by atoms with Crippen molar-refractivity contribution in [3.05, 3.63) is 35.4 Å². The number of hydrogen-bond donors (Lipinski definition) is 2. The van der Waals surface area contributed by atoms with Crippen LogP contribution in [-0.4, -0.2) is 24.7 Å². The summed E-state index contributed by atoms with van der Waals surface area (Å²) in [5.41, 5.74) is 7.28. The SMILES string of the molecule is NCc1ccc(C(=O)NC2CCOC2C2CC2)cc1. The fourth-order valence-corrected chi connectivity index (χ4v) is 2.70. The number of benzene rings is 1. The first-order valence-corrected chi connectivity index (χ1v) is 6.99. The summed E-state index contributed by atoms with van der Waals surface area (Å²) in [5.74, 6) is 0.650. The minimum absolute atomic E-state index is 0.00952. The highest BCUT2D eigenvalue weighted by atomic mass is 16.5. The van der Waals surface area contributed by atoms with Gasteiger partial charge < -0.3 is 15.8 Å². The molecule has 0 radical (unpaired) electrons. The lowest BCUT2D eigenvalue weighted by molar-refractivity contribution is 0.0729. The van der Waals surface area contributed by atoms with E-state index in [1.165, 1.54) is 12.8 Å². The molecule has 1 aromatic rings. The zero-order valence-corrected chi connectivity index (χ0v) is 11.0. The van der Waals surface area contributed by atoms with E-state index in [9.17, 15) is 4.79 Å². The number of carbonyl (C=O) groups is 1. The quantitative estimate of drug-likeness (QED) is 0.861. The maximum absolute atomic E-state index is 12.2. The molecule has 3 N–H and O–H groups in total. The zero-order valence-electron chi connectivity index (χ0n) is 11.0. The minimum atomic E-state index is -0.00952. The summed E-state index contributed by atoms with van der Waals surface area (Å²) in [5, 5.41) is 3.11. The van der Waals surface area contributed by atoms with Crippen molar-refractivity contribution < 1.29 is 9.53 Å². The largest absolute Gasteiger partial charge is 0.376 e. The number of amides is 1. The van der Waals surface area contributed by atoms with Gasteiger partial charge in [-0.3, -0.25) is 4.79 Å². The van der Waals surface area contributed by atoms with Gasteiger partial charge in [-0.25, -0.2) is 0 Å². The van der Waals surface area contributed by atoms with E-state index in [4.69, 9.17) is 10.5 Å². The molecule has 1 aliphatic heterocycles. The van der Waals surface area contributed by atoms with E-state index in [0.717, 1.165) is 18.6 Å². The van der Waals surface area contributed by atoms with Crippen LogP contribution in [0.5, 0.6) is 0 Å². The van der Waals surface area contributed by atoms with Gasteiger partial charge in [-0.2, -0.15) is 0 Å². The van der Waals surface area contributed by atoms with Gasteiger partial charge in [-0.15, -0.1) is 0 Å². The normalized spacial score (nSPS) is 26.4. The molecule has 2 fully saturated rings. The Morgan fingerprint density at radius 2 is 2.00 bits per heavy atom. The average molecular weight is 260 g/mol. The van der Waals surface area contributed by atoms with Crippen LogP contribution in [0.25, 0.3) is 0 Å². The van der Waals surface area contributed by atoms with Crippen molar-refractivity contribution in [3.8, 4) is 0 Å². The van der Waals surface area contributed by atoms with Gasteiger partial charge in [0.15, 0.2) is 0 Å². The Morgan fingerprint density at radius 3 is 2.63 bits per heavy atom. The Labute approximate surface area is 113 Å². The van der Waals surface area contributed by atoms with Crippen molar-refractivity contribution in [3.63, 3.8) is 0 Å². The number of carbonyl (C=O) groups excluding carboxylic acids is 1. The number of ether oxygens (including phenoxy) is 1. The molecular formula is C15H20N2O2. The molecule has 2 atom stereocenters.